The van der Waals surface area contributed by atoms with E-state index in [1.54, 1.807) is 19.2 Å². The second-order valence-electron chi connectivity index (χ2n) is 3.38. The number of benzene rings is 1. The van der Waals surface area contributed by atoms with Gasteiger partial charge < -0.3 is 19.3 Å². The van der Waals surface area contributed by atoms with E-state index in [1.165, 1.54) is 0 Å². The molecule has 4 nitrogen and oxygen atoms in total. The highest BCUT2D eigenvalue weighted by molar-refractivity contribution is 5.55. The first-order chi connectivity index (χ1) is 7.26. The van der Waals surface area contributed by atoms with Gasteiger partial charge in [0.15, 0.2) is 11.5 Å². The van der Waals surface area contributed by atoms with Crippen LogP contribution < -0.4 is 14.2 Å². The van der Waals surface area contributed by atoms with E-state index in [1.807, 2.05) is 6.92 Å². The number of aliphatic hydroxyl groups excluding tert-OH is 1. The number of fused-ring (bicyclic) bond motifs is 1. The summed E-state index contributed by atoms with van der Waals surface area (Å²) in [7, 11) is 1.57. The minimum atomic E-state index is -0.492. The van der Waals surface area contributed by atoms with Crippen LogP contribution in [-0.2, 0) is 0 Å². The number of methoxy groups -OCH3 is 1. The highest BCUT2D eigenvalue weighted by Crippen LogP contribution is 2.43. The van der Waals surface area contributed by atoms with E-state index in [-0.39, 0.29) is 6.79 Å². The Morgan fingerprint density at radius 2 is 2.27 bits per heavy atom. The van der Waals surface area contributed by atoms with Crippen LogP contribution in [0.4, 0.5) is 0 Å². The number of aliphatic hydroxyl groups is 1. The maximum atomic E-state index is 9.73. The minimum Gasteiger partial charge on any atom is -0.493 e. The predicted octanol–water partition coefficient (Wildman–Crippen LogP) is 1.87. The van der Waals surface area contributed by atoms with Crippen LogP contribution in [-0.4, -0.2) is 19.0 Å². The van der Waals surface area contributed by atoms with Crippen LogP contribution in [0.2, 0.25) is 0 Å². The standard InChI is InChI=1S/C11H14O4/c1-3-8(12)7-4-9(13-2)11-10(5-7)14-6-15-11/h4-5,8,12H,3,6H2,1-2H3/t8-/m0/s1. The van der Waals surface area contributed by atoms with E-state index in [2.05, 4.69) is 0 Å². The fourth-order valence-corrected chi connectivity index (χ4v) is 1.58. The molecule has 4 heteroatoms. The Hall–Kier alpha value is -1.42. The van der Waals surface area contributed by atoms with E-state index in [0.717, 1.165) is 5.56 Å². The van der Waals surface area contributed by atoms with Gasteiger partial charge in [0.1, 0.15) is 0 Å². The molecule has 1 aliphatic heterocycles. The molecule has 1 aliphatic rings. The van der Waals surface area contributed by atoms with Crippen molar-refractivity contribution < 1.29 is 19.3 Å². The molecule has 1 heterocycles. The summed E-state index contributed by atoms with van der Waals surface area (Å²) >= 11 is 0. The zero-order chi connectivity index (χ0) is 10.8. The van der Waals surface area contributed by atoms with Crippen molar-refractivity contribution in [3.63, 3.8) is 0 Å². The Labute approximate surface area is 88.4 Å². The molecule has 0 radical (unpaired) electrons. The second kappa shape index (κ2) is 3.98. The molecule has 0 aromatic heterocycles. The molecular weight excluding hydrogens is 196 g/mol. The van der Waals surface area contributed by atoms with Crippen LogP contribution in [0, 0.1) is 0 Å². The third-order valence-corrected chi connectivity index (χ3v) is 2.45. The molecule has 2 rings (SSSR count). The lowest BCUT2D eigenvalue weighted by Gasteiger charge is -2.11. The Bertz CT molecular complexity index is 362. The highest BCUT2D eigenvalue weighted by atomic mass is 16.7. The van der Waals surface area contributed by atoms with Crippen molar-refractivity contribution in [1.29, 1.82) is 0 Å². The van der Waals surface area contributed by atoms with Gasteiger partial charge in [-0.3, -0.25) is 0 Å². The Morgan fingerprint density at radius 3 is 2.93 bits per heavy atom. The normalized spacial score (nSPS) is 15.1. The maximum absolute atomic E-state index is 9.73. The first-order valence-corrected chi connectivity index (χ1v) is 4.91. The first kappa shape index (κ1) is 10.1. The van der Waals surface area contributed by atoms with Crippen LogP contribution in [0.3, 0.4) is 0 Å². The van der Waals surface area contributed by atoms with Crippen LogP contribution >= 0.6 is 0 Å². The van der Waals surface area contributed by atoms with Crippen molar-refractivity contribution in [2.45, 2.75) is 19.4 Å². The lowest BCUT2D eigenvalue weighted by molar-refractivity contribution is 0.169. The number of ether oxygens (including phenoxy) is 3. The molecule has 0 unspecified atom stereocenters. The smallest absolute Gasteiger partial charge is 0.231 e. The molecule has 82 valence electrons. The summed E-state index contributed by atoms with van der Waals surface area (Å²) in [5.41, 5.74) is 0.790. The summed E-state index contributed by atoms with van der Waals surface area (Å²) in [6, 6.07) is 3.57. The fourth-order valence-electron chi connectivity index (χ4n) is 1.58. The predicted molar refractivity (Wildman–Crippen MR) is 54.4 cm³/mol. The van der Waals surface area contributed by atoms with Gasteiger partial charge in [-0.2, -0.15) is 0 Å². The van der Waals surface area contributed by atoms with Crippen molar-refractivity contribution in [3.8, 4) is 17.2 Å². The Morgan fingerprint density at radius 1 is 1.47 bits per heavy atom. The molecule has 0 aliphatic carbocycles. The molecule has 1 aromatic carbocycles. The molecule has 1 aromatic rings. The SMILES string of the molecule is CC[C@H](O)c1cc(OC)c2c(c1)OCO2. The average Bonchev–Trinajstić information content (AvgIpc) is 2.74. The number of hydrogen-bond donors (Lipinski definition) is 1. The molecular formula is C11H14O4. The molecule has 15 heavy (non-hydrogen) atoms. The van der Waals surface area contributed by atoms with Gasteiger partial charge in [-0.15, -0.1) is 0 Å². The van der Waals surface area contributed by atoms with Gasteiger partial charge in [0.25, 0.3) is 0 Å². The molecule has 1 atom stereocenters. The van der Waals surface area contributed by atoms with E-state index >= 15 is 0 Å². The fraction of sp³-hybridized carbons (Fsp3) is 0.455. The minimum absolute atomic E-state index is 0.206. The summed E-state index contributed by atoms with van der Waals surface area (Å²) in [6.45, 7) is 2.12. The van der Waals surface area contributed by atoms with Crippen molar-refractivity contribution in [1.82, 2.24) is 0 Å². The first-order valence-electron chi connectivity index (χ1n) is 4.91. The van der Waals surface area contributed by atoms with Crippen LogP contribution in [0.1, 0.15) is 25.0 Å². The van der Waals surface area contributed by atoms with E-state index in [4.69, 9.17) is 14.2 Å². The quantitative estimate of drug-likeness (QED) is 0.827. The van der Waals surface area contributed by atoms with Crippen molar-refractivity contribution in [3.05, 3.63) is 17.7 Å². The zero-order valence-electron chi connectivity index (χ0n) is 8.82. The second-order valence-corrected chi connectivity index (χ2v) is 3.38. The summed E-state index contributed by atoms with van der Waals surface area (Å²) in [6.07, 6.45) is 0.163. The lowest BCUT2D eigenvalue weighted by atomic mass is 10.1. The highest BCUT2D eigenvalue weighted by Gasteiger charge is 2.21. The van der Waals surface area contributed by atoms with Crippen molar-refractivity contribution in [2.24, 2.45) is 0 Å². The topological polar surface area (TPSA) is 47.9 Å². The van der Waals surface area contributed by atoms with Gasteiger partial charge in [0.2, 0.25) is 12.5 Å². The zero-order valence-corrected chi connectivity index (χ0v) is 8.82. The van der Waals surface area contributed by atoms with E-state index in [9.17, 15) is 5.11 Å². The van der Waals surface area contributed by atoms with Gasteiger partial charge in [-0.05, 0) is 24.1 Å². The Kier molecular flexibility index (Phi) is 2.68. The molecule has 0 saturated carbocycles. The molecule has 1 N–H and O–H groups in total. The van der Waals surface area contributed by atoms with Crippen LogP contribution in [0.15, 0.2) is 12.1 Å². The molecule has 0 fully saturated rings. The van der Waals surface area contributed by atoms with Gasteiger partial charge >= 0.3 is 0 Å². The summed E-state index contributed by atoms with van der Waals surface area (Å²) in [5, 5.41) is 9.73. The third-order valence-electron chi connectivity index (χ3n) is 2.45. The van der Waals surface area contributed by atoms with E-state index in [0.29, 0.717) is 23.7 Å². The summed E-state index contributed by atoms with van der Waals surface area (Å²) in [4.78, 5) is 0. The monoisotopic (exact) mass is 210 g/mol. The summed E-state index contributed by atoms with van der Waals surface area (Å²) < 4.78 is 15.7. The van der Waals surface area contributed by atoms with E-state index < -0.39 is 6.10 Å². The molecule has 0 bridgehead atoms. The molecule has 0 amide bonds. The lowest BCUT2D eigenvalue weighted by Crippen LogP contribution is -1.96. The Balaban J connectivity index is 2.43. The van der Waals surface area contributed by atoms with Gasteiger partial charge in [-0.25, -0.2) is 0 Å². The third kappa shape index (κ3) is 1.72. The van der Waals surface area contributed by atoms with Crippen LogP contribution in [0.5, 0.6) is 17.2 Å². The summed E-state index contributed by atoms with van der Waals surface area (Å²) in [5.74, 6) is 1.86. The van der Waals surface area contributed by atoms with Crippen LogP contribution in [0.25, 0.3) is 0 Å². The van der Waals surface area contributed by atoms with Gasteiger partial charge in [0, 0.05) is 0 Å². The number of hydrogen-bond acceptors (Lipinski definition) is 4. The molecule has 0 saturated heterocycles. The van der Waals surface area contributed by atoms with Gasteiger partial charge in [0.05, 0.1) is 13.2 Å². The largest absolute Gasteiger partial charge is 0.493 e. The molecule has 0 spiro atoms. The maximum Gasteiger partial charge on any atom is 0.231 e. The van der Waals surface area contributed by atoms with Crippen molar-refractivity contribution >= 4 is 0 Å². The van der Waals surface area contributed by atoms with Gasteiger partial charge in [-0.1, -0.05) is 6.92 Å². The van der Waals surface area contributed by atoms with Crippen molar-refractivity contribution in [2.75, 3.05) is 13.9 Å². The number of rotatable bonds is 3. The average molecular weight is 210 g/mol.